The highest BCUT2D eigenvalue weighted by Crippen LogP contribution is 2.16. The third kappa shape index (κ3) is 3.61. The molecule has 1 aromatic rings. The monoisotopic (exact) mass is 249 g/mol. The van der Waals surface area contributed by atoms with Gasteiger partial charge >= 0.3 is 0 Å². The van der Waals surface area contributed by atoms with E-state index in [-0.39, 0.29) is 0 Å². The van der Waals surface area contributed by atoms with Crippen molar-refractivity contribution in [1.29, 1.82) is 0 Å². The average Bonchev–Trinajstić information content (AvgIpc) is 2.28. The highest BCUT2D eigenvalue weighted by molar-refractivity contribution is 5.79. The predicted octanol–water partition coefficient (Wildman–Crippen LogP) is 1.13. The summed E-state index contributed by atoms with van der Waals surface area (Å²) in [6.07, 6.45) is 1.81. The summed E-state index contributed by atoms with van der Waals surface area (Å²) in [5, 5.41) is 0. The Morgan fingerprint density at radius 1 is 1.11 bits per heavy atom. The highest BCUT2D eigenvalue weighted by Gasteiger charge is 2.07. The Balaban J connectivity index is 2.94. The van der Waals surface area contributed by atoms with Gasteiger partial charge in [0.25, 0.3) is 0 Å². The summed E-state index contributed by atoms with van der Waals surface area (Å²) >= 11 is 0. The zero-order valence-corrected chi connectivity index (χ0v) is 12.2. The molecule has 0 radical (unpaired) electrons. The molecule has 100 valence electrons. The van der Waals surface area contributed by atoms with Crippen LogP contribution >= 0.6 is 0 Å². The van der Waals surface area contributed by atoms with Crippen molar-refractivity contribution < 1.29 is 0 Å². The van der Waals surface area contributed by atoms with Gasteiger partial charge in [0.15, 0.2) is 5.96 Å². The van der Waals surface area contributed by atoms with Gasteiger partial charge in [-0.3, -0.25) is 4.98 Å². The summed E-state index contributed by atoms with van der Waals surface area (Å²) < 4.78 is 0. The molecule has 0 spiro atoms. The quantitative estimate of drug-likeness (QED) is 0.594. The molecule has 0 amide bonds. The molecule has 0 fully saturated rings. The van der Waals surface area contributed by atoms with Crippen molar-refractivity contribution in [2.24, 2.45) is 4.99 Å². The minimum atomic E-state index is 0.583. The second kappa shape index (κ2) is 6.23. The van der Waals surface area contributed by atoms with Gasteiger partial charge in [0.1, 0.15) is 0 Å². The van der Waals surface area contributed by atoms with Gasteiger partial charge in [-0.2, -0.15) is 0 Å². The van der Waals surface area contributed by atoms with Gasteiger partial charge < -0.3 is 14.7 Å². The van der Waals surface area contributed by atoms with Crippen molar-refractivity contribution in [1.82, 2.24) is 14.8 Å². The smallest absolute Gasteiger partial charge is 0.195 e. The van der Waals surface area contributed by atoms with E-state index in [4.69, 9.17) is 0 Å². The Labute approximate surface area is 110 Å². The van der Waals surface area contributed by atoms with Crippen LogP contribution in [0, 0.1) is 0 Å². The maximum Gasteiger partial charge on any atom is 0.195 e. The average molecular weight is 249 g/mol. The molecule has 0 saturated heterocycles. The van der Waals surface area contributed by atoms with E-state index in [9.17, 15) is 0 Å². The standard InChI is InChI=1S/C13H23N5/c1-16(2)12-8-7-9-14-11(12)10-15-13(17(3)4)18(5)6/h7-9H,10H2,1-6H3. The largest absolute Gasteiger partial charge is 0.376 e. The lowest BCUT2D eigenvalue weighted by Gasteiger charge is -2.23. The van der Waals surface area contributed by atoms with E-state index in [0.717, 1.165) is 17.3 Å². The summed E-state index contributed by atoms with van der Waals surface area (Å²) in [5.74, 6) is 0.936. The van der Waals surface area contributed by atoms with Crippen LogP contribution in [-0.2, 0) is 6.54 Å². The number of rotatable bonds is 3. The fraction of sp³-hybridized carbons (Fsp3) is 0.538. The first-order valence-electron chi connectivity index (χ1n) is 5.93. The van der Waals surface area contributed by atoms with E-state index >= 15 is 0 Å². The molecular formula is C13H23N5. The van der Waals surface area contributed by atoms with E-state index in [1.807, 2.05) is 64.3 Å². The van der Waals surface area contributed by atoms with Gasteiger partial charge in [-0.1, -0.05) is 0 Å². The Bertz CT molecular complexity index is 400. The Morgan fingerprint density at radius 3 is 2.22 bits per heavy atom. The fourth-order valence-corrected chi connectivity index (χ4v) is 1.79. The van der Waals surface area contributed by atoms with Gasteiger partial charge in [-0.15, -0.1) is 0 Å². The van der Waals surface area contributed by atoms with Crippen LogP contribution in [-0.4, -0.2) is 63.0 Å². The number of aliphatic imine (C=N–C) groups is 1. The molecule has 0 aromatic carbocycles. The number of aromatic nitrogens is 1. The molecule has 18 heavy (non-hydrogen) atoms. The second-order valence-corrected chi connectivity index (χ2v) is 4.77. The minimum Gasteiger partial charge on any atom is -0.376 e. The third-order valence-corrected chi connectivity index (χ3v) is 2.52. The summed E-state index contributed by atoms with van der Waals surface area (Å²) in [7, 11) is 12.0. The molecule has 0 aliphatic rings. The first kappa shape index (κ1) is 14.3. The Hall–Kier alpha value is -1.78. The number of guanidine groups is 1. The summed E-state index contributed by atoms with van der Waals surface area (Å²) in [6.45, 7) is 0.583. The maximum atomic E-state index is 4.62. The van der Waals surface area contributed by atoms with E-state index in [1.54, 1.807) is 0 Å². The van der Waals surface area contributed by atoms with Crippen LogP contribution in [0.5, 0.6) is 0 Å². The highest BCUT2D eigenvalue weighted by atomic mass is 15.3. The number of nitrogens with zero attached hydrogens (tertiary/aromatic N) is 5. The van der Waals surface area contributed by atoms with E-state index in [2.05, 4.69) is 20.9 Å². The van der Waals surface area contributed by atoms with Crippen LogP contribution in [0.4, 0.5) is 5.69 Å². The van der Waals surface area contributed by atoms with Gasteiger partial charge in [-0.05, 0) is 12.1 Å². The molecule has 1 aromatic heterocycles. The SMILES string of the molecule is CN(C)C(=NCc1ncccc1N(C)C)N(C)C. The lowest BCUT2D eigenvalue weighted by Crippen LogP contribution is -2.35. The Kier molecular flexibility index (Phi) is 4.95. The summed E-state index contributed by atoms with van der Waals surface area (Å²) in [6, 6.07) is 4.00. The van der Waals surface area contributed by atoms with Gasteiger partial charge in [0, 0.05) is 48.5 Å². The van der Waals surface area contributed by atoms with Gasteiger partial charge in [0.05, 0.1) is 17.9 Å². The molecule has 0 N–H and O–H groups in total. The first-order valence-corrected chi connectivity index (χ1v) is 5.93. The maximum absolute atomic E-state index is 4.62. The van der Waals surface area contributed by atoms with Crippen molar-refractivity contribution in [2.75, 3.05) is 47.2 Å². The van der Waals surface area contributed by atoms with E-state index in [0.29, 0.717) is 6.54 Å². The fourth-order valence-electron chi connectivity index (χ4n) is 1.79. The number of pyridine rings is 1. The molecule has 0 aliphatic heterocycles. The minimum absolute atomic E-state index is 0.583. The Morgan fingerprint density at radius 2 is 1.72 bits per heavy atom. The van der Waals surface area contributed by atoms with E-state index < -0.39 is 0 Å². The van der Waals surface area contributed by atoms with Crippen molar-refractivity contribution in [3.63, 3.8) is 0 Å². The van der Waals surface area contributed by atoms with Crippen LogP contribution in [0.1, 0.15) is 5.69 Å². The summed E-state index contributed by atoms with van der Waals surface area (Å²) in [4.78, 5) is 15.1. The van der Waals surface area contributed by atoms with Gasteiger partial charge in [0.2, 0.25) is 0 Å². The zero-order chi connectivity index (χ0) is 13.7. The molecule has 1 heterocycles. The van der Waals surface area contributed by atoms with Crippen LogP contribution < -0.4 is 4.90 Å². The van der Waals surface area contributed by atoms with Crippen molar-refractivity contribution in [3.05, 3.63) is 24.0 Å². The first-order chi connectivity index (χ1) is 8.43. The number of hydrogen-bond acceptors (Lipinski definition) is 3. The predicted molar refractivity (Wildman–Crippen MR) is 77.1 cm³/mol. The molecule has 0 aliphatic carbocycles. The topological polar surface area (TPSA) is 35.0 Å². The molecule has 5 nitrogen and oxygen atoms in total. The second-order valence-electron chi connectivity index (χ2n) is 4.77. The van der Waals surface area contributed by atoms with Crippen LogP contribution in [0.3, 0.4) is 0 Å². The molecule has 0 unspecified atom stereocenters. The van der Waals surface area contributed by atoms with Crippen LogP contribution in [0.2, 0.25) is 0 Å². The molecule has 0 bridgehead atoms. The zero-order valence-electron chi connectivity index (χ0n) is 12.2. The number of anilines is 1. The lowest BCUT2D eigenvalue weighted by molar-refractivity contribution is 0.479. The molecule has 0 saturated carbocycles. The summed E-state index contributed by atoms with van der Waals surface area (Å²) in [5.41, 5.74) is 2.10. The van der Waals surface area contributed by atoms with Crippen molar-refractivity contribution in [3.8, 4) is 0 Å². The molecule has 5 heteroatoms. The molecular weight excluding hydrogens is 226 g/mol. The van der Waals surface area contributed by atoms with Gasteiger partial charge in [-0.25, -0.2) is 4.99 Å². The van der Waals surface area contributed by atoms with Crippen LogP contribution in [0.15, 0.2) is 23.3 Å². The van der Waals surface area contributed by atoms with Crippen molar-refractivity contribution >= 4 is 11.6 Å². The normalized spacial score (nSPS) is 9.89. The molecule has 1 rings (SSSR count). The molecule has 0 atom stereocenters. The third-order valence-electron chi connectivity index (χ3n) is 2.52. The van der Waals surface area contributed by atoms with Crippen LogP contribution in [0.25, 0.3) is 0 Å². The van der Waals surface area contributed by atoms with Crippen molar-refractivity contribution in [2.45, 2.75) is 6.54 Å². The lowest BCUT2D eigenvalue weighted by atomic mass is 10.3. The van der Waals surface area contributed by atoms with E-state index in [1.165, 1.54) is 0 Å². The number of hydrogen-bond donors (Lipinski definition) is 0.